The predicted molar refractivity (Wildman–Crippen MR) is 106 cm³/mol. The first-order valence-electron chi connectivity index (χ1n) is 9.52. The zero-order valence-corrected chi connectivity index (χ0v) is 16.2. The molecule has 28 heavy (non-hydrogen) atoms. The average Bonchev–Trinajstić information content (AvgIpc) is 3.17. The average molecular weight is 380 g/mol. The SMILES string of the molecule is COc1ccc(OC)c(C(=O)Cc2ccc3cnn(C4CCCCO4)c3c2)c1. The van der Waals surface area contributed by atoms with E-state index in [0.29, 0.717) is 17.1 Å². The molecule has 1 atom stereocenters. The molecule has 2 aromatic carbocycles. The van der Waals surface area contributed by atoms with E-state index >= 15 is 0 Å². The Bertz CT molecular complexity index is 989. The molecule has 146 valence electrons. The van der Waals surface area contributed by atoms with Crippen LogP contribution in [-0.2, 0) is 11.2 Å². The van der Waals surface area contributed by atoms with Gasteiger partial charge in [0.05, 0.1) is 31.5 Å². The van der Waals surface area contributed by atoms with Gasteiger partial charge < -0.3 is 14.2 Å². The number of benzene rings is 2. The lowest BCUT2D eigenvalue weighted by Crippen LogP contribution is -2.19. The fourth-order valence-electron chi connectivity index (χ4n) is 3.65. The second-order valence-corrected chi connectivity index (χ2v) is 6.97. The van der Waals surface area contributed by atoms with Gasteiger partial charge in [0.1, 0.15) is 11.5 Å². The van der Waals surface area contributed by atoms with Crippen LogP contribution in [0.4, 0.5) is 0 Å². The number of fused-ring (bicyclic) bond motifs is 1. The Morgan fingerprint density at radius 2 is 2.07 bits per heavy atom. The molecule has 4 rings (SSSR count). The van der Waals surface area contributed by atoms with Crippen LogP contribution < -0.4 is 9.47 Å². The van der Waals surface area contributed by atoms with Gasteiger partial charge in [0.25, 0.3) is 0 Å². The second kappa shape index (κ2) is 8.02. The molecule has 0 bridgehead atoms. The van der Waals surface area contributed by atoms with Crippen molar-refractivity contribution in [3.63, 3.8) is 0 Å². The number of Topliss-reactive ketones (excluding diaryl/α,β-unsaturated/α-hetero) is 1. The Morgan fingerprint density at radius 1 is 1.18 bits per heavy atom. The van der Waals surface area contributed by atoms with Gasteiger partial charge in [-0.15, -0.1) is 0 Å². The predicted octanol–water partition coefficient (Wildman–Crippen LogP) is 4.18. The van der Waals surface area contributed by atoms with Crippen LogP contribution in [0.25, 0.3) is 10.9 Å². The first-order chi connectivity index (χ1) is 13.7. The summed E-state index contributed by atoms with van der Waals surface area (Å²) in [6.45, 7) is 0.764. The number of ketones is 1. The zero-order chi connectivity index (χ0) is 19.5. The van der Waals surface area contributed by atoms with Crippen molar-refractivity contribution in [3.05, 3.63) is 53.7 Å². The number of carbonyl (C=O) groups is 1. The lowest BCUT2D eigenvalue weighted by molar-refractivity contribution is -0.0366. The van der Waals surface area contributed by atoms with Crippen LogP contribution in [0, 0.1) is 0 Å². The van der Waals surface area contributed by atoms with Crippen molar-refractivity contribution in [2.24, 2.45) is 0 Å². The molecule has 1 saturated heterocycles. The van der Waals surface area contributed by atoms with Gasteiger partial charge in [0.2, 0.25) is 0 Å². The highest BCUT2D eigenvalue weighted by atomic mass is 16.5. The monoisotopic (exact) mass is 380 g/mol. The Balaban J connectivity index is 1.62. The third-order valence-corrected chi connectivity index (χ3v) is 5.16. The maximum absolute atomic E-state index is 12.9. The van der Waals surface area contributed by atoms with Gasteiger partial charge in [-0.1, -0.05) is 12.1 Å². The standard InChI is InChI=1S/C22H24N2O4/c1-26-17-8-9-21(27-2)18(13-17)20(25)12-15-6-7-16-14-23-24(19(16)11-15)22-5-3-4-10-28-22/h6-9,11,13-14,22H,3-5,10,12H2,1-2H3. The Hall–Kier alpha value is -2.86. The summed E-state index contributed by atoms with van der Waals surface area (Å²) in [5, 5.41) is 5.56. The molecule has 1 aliphatic heterocycles. The number of rotatable bonds is 6. The van der Waals surface area contributed by atoms with E-state index in [9.17, 15) is 4.79 Å². The van der Waals surface area contributed by atoms with E-state index in [1.807, 2.05) is 29.1 Å². The molecule has 0 radical (unpaired) electrons. The van der Waals surface area contributed by atoms with Crippen molar-refractivity contribution >= 4 is 16.7 Å². The van der Waals surface area contributed by atoms with Gasteiger partial charge in [-0.3, -0.25) is 4.79 Å². The Labute approximate surface area is 164 Å². The second-order valence-electron chi connectivity index (χ2n) is 6.97. The summed E-state index contributed by atoms with van der Waals surface area (Å²) in [5.74, 6) is 1.16. The van der Waals surface area contributed by atoms with E-state index in [4.69, 9.17) is 14.2 Å². The summed E-state index contributed by atoms with van der Waals surface area (Å²) >= 11 is 0. The molecule has 6 heteroatoms. The van der Waals surface area contributed by atoms with Crippen LogP contribution in [0.3, 0.4) is 0 Å². The minimum Gasteiger partial charge on any atom is -0.497 e. The van der Waals surface area contributed by atoms with Crippen molar-refractivity contribution in [1.82, 2.24) is 9.78 Å². The summed E-state index contributed by atoms with van der Waals surface area (Å²) in [7, 11) is 3.14. The molecule has 0 saturated carbocycles. The van der Waals surface area contributed by atoms with E-state index < -0.39 is 0 Å². The van der Waals surface area contributed by atoms with Gasteiger partial charge in [-0.2, -0.15) is 5.10 Å². The molecular formula is C22H24N2O4. The molecule has 1 aliphatic rings. The molecule has 6 nitrogen and oxygen atoms in total. The molecule has 1 unspecified atom stereocenters. The smallest absolute Gasteiger partial charge is 0.171 e. The largest absolute Gasteiger partial charge is 0.497 e. The van der Waals surface area contributed by atoms with Crippen molar-refractivity contribution in [2.45, 2.75) is 31.9 Å². The molecule has 0 spiro atoms. The fourth-order valence-corrected chi connectivity index (χ4v) is 3.65. The fraction of sp³-hybridized carbons (Fsp3) is 0.364. The van der Waals surface area contributed by atoms with E-state index in [1.165, 1.54) is 0 Å². The molecule has 2 heterocycles. The van der Waals surface area contributed by atoms with Crippen LogP contribution in [0.2, 0.25) is 0 Å². The van der Waals surface area contributed by atoms with Gasteiger partial charge in [0.15, 0.2) is 12.0 Å². The molecule has 1 aromatic heterocycles. The maximum atomic E-state index is 12.9. The van der Waals surface area contributed by atoms with Crippen molar-refractivity contribution in [1.29, 1.82) is 0 Å². The van der Waals surface area contributed by atoms with Crippen LogP contribution >= 0.6 is 0 Å². The van der Waals surface area contributed by atoms with Gasteiger partial charge >= 0.3 is 0 Å². The first kappa shape index (κ1) is 18.5. The first-order valence-corrected chi connectivity index (χ1v) is 9.52. The molecule has 0 amide bonds. The van der Waals surface area contributed by atoms with Crippen LogP contribution in [0.1, 0.15) is 41.4 Å². The number of hydrogen-bond donors (Lipinski definition) is 0. The third kappa shape index (κ3) is 3.60. The molecule has 1 fully saturated rings. The molecule has 3 aromatic rings. The van der Waals surface area contributed by atoms with Gasteiger partial charge in [-0.05, 0) is 49.1 Å². The summed E-state index contributed by atoms with van der Waals surface area (Å²) in [4.78, 5) is 12.9. The quantitative estimate of drug-likeness (QED) is 0.601. The highest BCUT2D eigenvalue weighted by molar-refractivity contribution is 6.00. The normalized spacial score (nSPS) is 16.9. The van der Waals surface area contributed by atoms with E-state index in [2.05, 4.69) is 5.10 Å². The topological polar surface area (TPSA) is 62.6 Å². The van der Waals surface area contributed by atoms with E-state index in [-0.39, 0.29) is 18.4 Å². The Kier molecular flexibility index (Phi) is 5.30. The lowest BCUT2D eigenvalue weighted by Gasteiger charge is -2.23. The van der Waals surface area contributed by atoms with Gasteiger partial charge in [-0.25, -0.2) is 4.68 Å². The number of hydrogen-bond acceptors (Lipinski definition) is 5. The van der Waals surface area contributed by atoms with Crippen molar-refractivity contribution in [2.75, 3.05) is 20.8 Å². The molecule has 0 aliphatic carbocycles. The van der Waals surface area contributed by atoms with Crippen LogP contribution in [-0.4, -0.2) is 36.4 Å². The number of carbonyl (C=O) groups excluding carboxylic acids is 1. The minimum absolute atomic E-state index is 0.0184. The maximum Gasteiger partial charge on any atom is 0.171 e. The number of aromatic nitrogens is 2. The van der Waals surface area contributed by atoms with Crippen molar-refractivity contribution in [3.8, 4) is 11.5 Å². The highest BCUT2D eigenvalue weighted by Crippen LogP contribution is 2.28. The summed E-state index contributed by atoms with van der Waals surface area (Å²) in [6, 6.07) is 11.3. The highest BCUT2D eigenvalue weighted by Gasteiger charge is 2.19. The number of ether oxygens (including phenoxy) is 3. The van der Waals surface area contributed by atoms with E-state index in [1.54, 1.807) is 32.4 Å². The van der Waals surface area contributed by atoms with Gasteiger partial charge in [0, 0.05) is 18.4 Å². The summed E-state index contributed by atoms with van der Waals surface area (Å²) < 4.78 is 18.4. The molecule has 0 N–H and O–H groups in total. The van der Waals surface area contributed by atoms with Crippen LogP contribution in [0.15, 0.2) is 42.6 Å². The van der Waals surface area contributed by atoms with Crippen molar-refractivity contribution < 1.29 is 19.0 Å². The third-order valence-electron chi connectivity index (χ3n) is 5.16. The Morgan fingerprint density at radius 3 is 2.82 bits per heavy atom. The zero-order valence-electron chi connectivity index (χ0n) is 16.2. The van der Waals surface area contributed by atoms with E-state index in [0.717, 1.165) is 42.3 Å². The number of nitrogens with zero attached hydrogens (tertiary/aromatic N) is 2. The number of methoxy groups -OCH3 is 2. The molecular weight excluding hydrogens is 356 g/mol. The lowest BCUT2D eigenvalue weighted by atomic mass is 10.0. The minimum atomic E-state index is -0.0318. The van der Waals surface area contributed by atoms with Crippen LogP contribution in [0.5, 0.6) is 11.5 Å². The summed E-state index contributed by atoms with van der Waals surface area (Å²) in [6.07, 6.45) is 5.29. The summed E-state index contributed by atoms with van der Waals surface area (Å²) in [5.41, 5.74) is 2.45.